The summed E-state index contributed by atoms with van der Waals surface area (Å²) in [4.78, 5) is 12.9. The van der Waals surface area contributed by atoms with Crippen LogP contribution in [0.5, 0.6) is 0 Å². The van der Waals surface area contributed by atoms with Gasteiger partial charge in [0.05, 0.1) is 6.61 Å². The third-order valence-electron chi connectivity index (χ3n) is 11.4. The Hall–Kier alpha value is -1.45. The fraction of sp³-hybridized carbons (Fsp3) is 0.710. The van der Waals surface area contributed by atoms with E-state index < -0.39 is 5.79 Å². The fourth-order valence-electron chi connectivity index (χ4n) is 9.19. The van der Waals surface area contributed by atoms with Gasteiger partial charge >= 0.3 is 0 Å². The zero-order valence-corrected chi connectivity index (χ0v) is 22.0. The molecular weight excluding hydrogens is 420 g/mol. The number of fused-ring (bicyclic) bond motifs is 5. The Labute approximate surface area is 206 Å². The van der Waals surface area contributed by atoms with E-state index >= 15 is 0 Å². The molecule has 0 heterocycles. The van der Waals surface area contributed by atoms with Crippen LogP contribution in [0.4, 0.5) is 0 Å². The van der Waals surface area contributed by atoms with E-state index in [0.717, 1.165) is 31.2 Å². The minimum absolute atomic E-state index is 0.121. The van der Waals surface area contributed by atoms with Gasteiger partial charge in [-0.3, -0.25) is 4.79 Å². The summed E-state index contributed by atoms with van der Waals surface area (Å²) in [5.74, 6) is 1.33. The number of benzene rings is 1. The molecule has 3 saturated carbocycles. The lowest BCUT2D eigenvalue weighted by Crippen LogP contribution is -2.55. The maximum absolute atomic E-state index is 12.9. The predicted molar refractivity (Wildman–Crippen MR) is 136 cm³/mol. The van der Waals surface area contributed by atoms with Crippen LogP contribution >= 0.6 is 0 Å². The monoisotopic (exact) mass is 464 g/mol. The smallest absolute Gasteiger partial charge is 0.169 e. The molecule has 1 unspecified atom stereocenters. The van der Waals surface area contributed by atoms with Crippen molar-refractivity contribution in [3.63, 3.8) is 0 Å². The Kier molecular flexibility index (Phi) is 5.92. The number of carbonyl (C=O) groups is 1. The van der Waals surface area contributed by atoms with Crippen molar-refractivity contribution in [3.8, 4) is 0 Å². The first-order valence-electron chi connectivity index (χ1n) is 13.7. The average Bonchev–Trinajstić information content (AvgIpc) is 3.13. The quantitative estimate of drug-likeness (QED) is 0.372. The number of carbonyl (C=O) groups excluding carboxylic acids is 1. The summed E-state index contributed by atoms with van der Waals surface area (Å²) in [5.41, 5.74) is 3.94. The first kappa shape index (κ1) is 24.3. The average molecular weight is 465 g/mol. The number of allylic oxidation sites excluding steroid dienone is 1. The summed E-state index contributed by atoms with van der Waals surface area (Å²) in [6, 6.07) is 8.38. The van der Waals surface area contributed by atoms with Crippen molar-refractivity contribution in [2.75, 3.05) is 0 Å². The van der Waals surface area contributed by atoms with E-state index in [4.69, 9.17) is 4.74 Å². The lowest BCUT2D eigenvalue weighted by atomic mass is 9.45. The largest absolute Gasteiger partial charge is 0.365 e. The Balaban J connectivity index is 1.35. The maximum atomic E-state index is 12.9. The standard InChI is InChI=1S/C31H44O3/c1-6-30(22(3)32)16-14-27-25-12-11-24-19-31(33,34-20-23-9-7-21(2)8-10-23)18-17-28(24,4)26(25)13-15-29(27,30)5/h7-11,25-27,33H,6,12-20H2,1-5H3/t25-,26+,27+,28+,29+,30-,31?/m1/s1. The number of Topliss-reactive ketones (excluding diaryl/α,β-unsaturated/α-hetero) is 1. The summed E-state index contributed by atoms with van der Waals surface area (Å²) in [5, 5.41) is 11.4. The van der Waals surface area contributed by atoms with Crippen LogP contribution in [0.25, 0.3) is 0 Å². The van der Waals surface area contributed by atoms with Gasteiger partial charge in [-0.05, 0) is 92.9 Å². The molecule has 4 aliphatic carbocycles. The highest BCUT2D eigenvalue weighted by atomic mass is 16.6. The zero-order chi connectivity index (χ0) is 24.4. The van der Waals surface area contributed by atoms with E-state index in [0.29, 0.717) is 43.0 Å². The van der Waals surface area contributed by atoms with Gasteiger partial charge in [0.15, 0.2) is 5.79 Å². The van der Waals surface area contributed by atoms with Gasteiger partial charge < -0.3 is 9.84 Å². The van der Waals surface area contributed by atoms with Crippen molar-refractivity contribution >= 4 is 5.78 Å². The molecule has 1 aromatic rings. The molecular formula is C31H44O3. The molecule has 0 aliphatic heterocycles. The van der Waals surface area contributed by atoms with Crippen LogP contribution in [0.2, 0.25) is 0 Å². The van der Waals surface area contributed by atoms with E-state index in [1.165, 1.54) is 30.4 Å². The second kappa shape index (κ2) is 8.30. The molecule has 5 rings (SSSR count). The summed E-state index contributed by atoms with van der Waals surface area (Å²) < 4.78 is 6.16. The summed E-state index contributed by atoms with van der Waals surface area (Å²) in [6.45, 7) is 11.5. The normalized spacial score (nSPS) is 43.5. The molecule has 0 saturated heterocycles. The minimum atomic E-state index is -1.06. The molecule has 186 valence electrons. The molecule has 4 aliphatic rings. The van der Waals surface area contributed by atoms with Crippen LogP contribution in [-0.2, 0) is 16.1 Å². The van der Waals surface area contributed by atoms with Crippen molar-refractivity contribution in [1.29, 1.82) is 0 Å². The number of aryl methyl sites for hydroxylation is 1. The van der Waals surface area contributed by atoms with E-state index in [9.17, 15) is 9.90 Å². The first-order chi connectivity index (χ1) is 16.1. The lowest BCUT2D eigenvalue weighted by molar-refractivity contribution is -0.231. The van der Waals surface area contributed by atoms with Gasteiger partial charge in [0, 0.05) is 18.3 Å². The first-order valence-corrected chi connectivity index (χ1v) is 13.7. The molecule has 0 amide bonds. The molecule has 7 atom stereocenters. The molecule has 0 aromatic heterocycles. The van der Waals surface area contributed by atoms with Crippen molar-refractivity contribution in [2.45, 2.75) is 105 Å². The van der Waals surface area contributed by atoms with Crippen molar-refractivity contribution < 1.29 is 14.6 Å². The van der Waals surface area contributed by atoms with Gasteiger partial charge in [0.2, 0.25) is 0 Å². The van der Waals surface area contributed by atoms with Crippen LogP contribution in [0.3, 0.4) is 0 Å². The SMILES string of the molecule is CC[C@]1(C(C)=O)CC[C@H]2[C@@H]3CC=C4CC(O)(OCc5ccc(C)cc5)CC[C@]4(C)[C@H]3CC[C@@]21C. The number of hydrogen-bond acceptors (Lipinski definition) is 3. The third-order valence-corrected chi connectivity index (χ3v) is 11.4. The molecule has 1 aromatic carbocycles. The highest BCUT2D eigenvalue weighted by Crippen LogP contribution is 2.70. The van der Waals surface area contributed by atoms with Gasteiger partial charge in [-0.15, -0.1) is 0 Å². The second-order valence-electron chi connectivity index (χ2n) is 12.6. The van der Waals surface area contributed by atoms with Crippen LogP contribution in [-0.4, -0.2) is 16.7 Å². The highest BCUT2D eigenvalue weighted by molar-refractivity contribution is 5.83. The van der Waals surface area contributed by atoms with E-state index in [1.54, 1.807) is 0 Å². The van der Waals surface area contributed by atoms with E-state index in [2.05, 4.69) is 58.0 Å². The Bertz CT molecular complexity index is 979. The van der Waals surface area contributed by atoms with Gasteiger partial charge in [-0.1, -0.05) is 62.2 Å². The van der Waals surface area contributed by atoms with E-state index in [-0.39, 0.29) is 16.2 Å². The Morgan fingerprint density at radius 2 is 1.76 bits per heavy atom. The van der Waals surface area contributed by atoms with E-state index in [1.807, 2.05) is 6.92 Å². The molecule has 0 spiro atoms. The van der Waals surface area contributed by atoms with Crippen LogP contribution < -0.4 is 0 Å². The fourth-order valence-corrected chi connectivity index (χ4v) is 9.19. The molecule has 3 heteroatoms. The van der Waals surface area contributed by atoms with Crippen molar-refractivity contribution in [3.05, 3.63) is 47.0 Å². The van der Waals surface area contributed by atoms with Crippen LogP contribution in [0.1, 0.15) is 96.6 Å². The summed E-state index contributed by atoms with van der Waals surface area (Å²) in [6.07, 6.45) is 11.5. The summed E-state index contributed by atoms with van der Waals surface area (Å²) in [7, 11) is 0. The Morgan fingerprint density at radius 3 is 2.44 bits per heavy atom. The lowest BCUT2D eigenvalue weighted by Gasteiger charge is -2.60. The number of ketones is 1. The zero-order valence-electron chi connectivity index (χ0n) is 22.0. The van der Waals surface area contributed by atoms with Gasteiger partial charge in [0.25, 0.3) is 0 Å². The van der Waals surface area contributed by atoms with Gasteiger partial charge in [-0.2, -0.15) is 0 Å². The molecule has 1 N–H and O–H groups in total. The van der Waals surface area contributed by atoms with Gasteiger partial charge in [-0.25, -0.2) is 0 Å². The van der Waals surface area contributed by atoms with Crippen LogP contribution in [0, 0.1) is 40.9 Å². The maximum Gasteiger partial charge on any atom is 0.169 e. The number of aliphatic hydroxyl groups is 1. The van der Waals surface area contributed by atoms with Crippen molar-refractivity contribution in [1.82, 2.24) is 0 Å². The molecule has 3 fully saturated rings. The van der Waals surface area contributed by atoms with Crippen LogP contribution in [0.15, 0.2) is 35.9 Å². The summed E-state index contributed by atoms with van der Waals surface area (Å²) >= 11 is 0. The molecule has 3 nitrogen and oxygen atoms in total. The highest BCUT2D eigenvalue weighted by Gasteiger charge is 2.65. The number of rotatable bonds is 5. The topological polar surface area (TPSA) is 46.5 Å². The predicted octanol–water partition coefficient (Wildman–Crippen LogP) is 7.15. The molecule has 0 bridgehead atoms. The van der Waals surface area contributed by atoms with Gasteiger partial charge in [0.1, 0.15) is 5.78 Å². The second-order valence-corrected chi connectivity index (χ2v) is 12.6. The Morgan fingerprint density at radius 1 is 1.06 bits per heavy atom. The molecule has 34 heavy (non-hydrogen) atoms. The molecule has 0 radical (unpaired) electrons. The van der Waals surface area contributed by atoms with Crippen molar-refractivity contribution in [2.24, 2.45) is 34.0 Å². The third kappa shape index (κ3) is 3.48. The minimum Gasteiger partial charge on any atom is -0.365 e. The number of hydrogen-bond donors (Lipinski definition) is 1. The number of ether oxygens (including phenoxy) is 1.